The van der Waals surface area contributed by atoms with Gasteiger partial charge in [0.15, 0.2) is 11.5 Å². The van der Waals surface area contributed by atoms with Crippen molar-refractivity contribution >= 4 is 61.1 Å². The predicted molar refractivity (Wildman–Crippen MR) is 178 cm³/mol. The van der Waals surface area contributed by atoms with Crippen LogP contribution in [0.3, 0.4) is 0 Å². The third kappa shape index (κ3) is 8.13. The van der Waals surface area contributed by atoms with E-state index < -0.39 is 27.4 Å². The second-order valence-corrected chi connectivity index (χ2v) is 12.7. The van der Waals surface area contributed by atoms with Crippen LogP contribution in [0.1, 0.15) is 16.7 Å². The van der Waals surface area contributed by atoms with E-state index in [1.165, 1.54) is 63.8 Å². The number of methoxy groups -OCH3 is 2. The van der Waals surface area contributed by atoms with Crippen molar-refractivity contribution in [3.63, 3.8) is 0 Å². The number of rotatable bonds is 13. The molecule has 1 N–H and O–H groups in total. The van der Waals surface area contributed by atoms with Crippen molar-refractivity contribution in [2.24, 2.45) is 5.10 Å². The first-order valence-corrected chi connectivity index (χ1v) is 16.0. The Morgan fingerprint density at radius 2 is 1.78 bits per heavy atom. The molecule has 0 saturated carbocycles. The van der Waals surface area contributed by atoms with Crippen molar-refractivity contribution in [3.8, 4) is 17.2 Å². The summed E-state index contributed by atoms with van der Waals surface area (Å²) in [6.45, 7) is 1.01. The molecule has 46 heavy (non-hydrogen) atoms. The van der Waals surface area contributed by atoms with E-state index in [2.05, 4.69) is 26.5 Å². The van der Waals surface area contributed by atoms with Crippen molar-refractivity contribution in [3.05, 3.63) is 115 Å². The van der Waals surface area contributed by atoms with E-state index in [9.17, 15) is 23.3 Å². The summed E-state index contributed by atoms with van der Waals surface area (Å²) < 4.78 is 45.4. The fraction of sp³-hybridized carbons (Fsp3) is 0.161. The Labute approximate surface area is 278 Å². The van der Waals surface area contributed by atoms with E-state index in [4.69, 9.17) is 25.8 Å². The number of ether oxygens (including phenoxy) is 3. The largest absolute Gasteiger partial charge is 0.497 e. The number of nitrogens with zero attached hydrogens (tertiary/aromatic N) is 3. The van der Waals surface area contributed by atoms with E-state index in [1.54, 1.807) is 18.2 Å². The molecule has 0 aliphatic rings. The third-order valence-electron chi connectivity index (χ3n) is 6.60. The van der Waals surface area contributed by atoms with Crippen LogP contribution >= 0.6 is 27.5 Å². The van der Waals surface area contributed by atoms with Gasteiger partial charge >= 0.3 is 0 Å². The molecule has 0 bridgehead atoms. The number of benzene rings is 4. The molecule has 4 rings (SSSR count). The molecular formula is C31H28BrClN4O8S. The van der Waals surface area contributed by atoms with Crippen LogP contribution in [0.5, 0.6) is 17.2 Å². The molecule has 12 nitrogen and oxygen atoms in total. The minimum atomic E-state index is -4.44. The lowest BCUT2D eigenvalue weighted by atomic mass is 10.2. The quantitative estimate of drug-likeness (QED) is 0.0962. The molecule has 0 aliphatic heterocycles. The first-order chi connectivity index (χ1) is 21.9. The Hall–Kier alpha value is -4.66. The second-order valence-electron chi connectivity index (χ2n) is 9.62. The zero-order valence-corrected chi connectivity index (χ0v) is 27.9. The second kappa shape index (κ2) is 15.1. The maximum absolute atomic E-state index is 13.7. The monoisotopic (exact) mass is 730 g/mol. The topological polar surface area (TPSA) is 150 Å². The lowest BCUT2D eigenvalue weighted by Gasteiger charge is -2.24. The summed E-state index contributed by atoms with van der Waals surface area (Å²) in [7, 11) is -1.51. The lowest BCUT2D eigenvalue weighted by molar-refractivity contribution is -0.385. The van der Waals surface area contributed by atoms with E-state index in [1.807, 2.05) is 18.2 Å². The van der Waals surface area contributed by atoms with E-state index >= 15 is 0 Å². The molecule has 4 aromatic carbocycles. The molecule has 0 heterocycles. The summed E-state index contributed by atoms with van der Waals surface area (Å²) in [5.41, 5.74) is 3.70. The molecule has 0 fully saturated rings. The van der Waals surface area contributed by atoms with Crippen LogP contribution in [-0.4, -0.2) is 46.2 Å². The van der Waals surface area contributed by atoms with E-state index in [0.29, 0.717) is 32.3 Å². The Kier molecular flexibility index (Phi) is 11.2. The van der Waals surface area contributed by atoms with Gasteiger partial charge in [-0.1, -0.05) is 35.9 Å². The molecule has 1 amide bonds. The zero-order chi connectivity index (χ0) is 33.4. The normalized spacial score (nSPS) is 11.2. The van der Waals surface area contributed by atoms with Gasteiger partial charge in [0.05, 0.1) is 40.4 Å². The summed E-state index contributed by atoms with van der Waals surface area (Å²) in [5, 5.41) is 16.0. The van der Waals surface area contributed by atoms with Crippen molar-refractivity contribution in [2.75, 3.05) is 25.1 Å². The number of nitro groups is 1. The SMILES string of the molecule is COc1ccc(N(CC(=O)NN=Cc2cc(Br)c(OCc3ccccc3Cl)c(OC)c2)S(=O)(=O)c2ccc(C)c([N+](=O)[O-])c2)cc1. The molecule has 0 atom stereocenters. The van der Waals surface area contributed by atoms with Gasteiger partial charge in [0.25, 0.3) is 21.6 Å². The van der Waals surface area contributed by atoms with Gasteiger partial charge in [0.1, 0.15) is 18.9 Å². The molecule has 0 unspecified atom stereocenters. The zero-order valence-electron chi connectivity index (χ0n) is 24.8. The summed E-state index contributed by atoms with van der Waals surface area (Å²) in [4.78, 5) is 23.5. The lowest BCUT2D eigenvalue weighted by Crippen LogP contribution is -2.39. The minimum Gasteiger partial charge on any atom is -0.497 e. The van der Waals surface area contributed by atoms with Gasteiger partial charge < -0.3 is 14.2 Å². The van der Waals surface area contributed by atoms with Crippen LogP contribution in [0.2, 0.25) is 5.02 Å². The van der Waals surface area contributed by atoms with Gasteiger partial charge in [0.2, 0.25) is 0 Å². The number of carbonyl (C=O) groups is 1. The number of nitrogens with one attached hydrogen (secondary N) is 1. The maximum Gasteiger partial charge on any atom is 0.273 e. The minimum absolute atomic E-state index is 0.129. The number of hydrazone groups is 1. The fourth-order valence-corrected chi connectivity index (χ4v) is 6.41. The number of amides is 1. The molecule has 0 spiro atoms. The molecule has 0 radical (unpaired) electrons. The summed E-state index contributed by atoms with van der Waals surface area (Å²) in [6, 6.07) is 20.1. The summed E-state index contributed by atoms with van der Waals surface area (Å²) in [5.74, 6) is 0.504. The maximum atomic E-state index is 13.7. The molecule has 240 valence electrons. The third-order valence-corrected chi connectivity index (χ3v) is 9.33. The first kappa shape index (κ1) is 34.2. The fourth-order valence-electron chi connectivity index (χ4n) is 4.20. The van der Waals surface area contributed by atoms with E-state index in [0.717, 1.165) is 15.9 Å². The predicted octanol–water partition coefficient (Wildman–Crippen LogP) is 6.26. The van der Waals surface area contributed by atoms with Crippen molar-refractivity contribution in [2.45, 2.75) is 18.4 Å². The molecule has 0 aromatic heterocycles. The number of nitro benzene ring substituents is 1. The summed E-state index contributed by atoms with van der Waals surface area (Å²) >= 11 is 9.70. The number of carbonyl (C=O) groups excluding carboxylic acids is 1. The van der Waals surface area contributed by atoms with Crippen molar-refractivity contribution < 1.29 is 32.3 Å². The van der Waals surface area contributed by atoms with Gasteiger partial charge in [-0.3, -0.25) is 19.2 Å². The molecule has 0 saturated heterocycles. The smallest absolute Gasteiger partial charge is 0.273 e. The van der Waals surface area contributed by atoms with Crippen LogP contribution < -0.4 is 23.9 Å². The van der Waals surface area contributed by atoms with Gasteiger partial charge in [0, 0.05) is 22.2 Å². The molecular weight excluding hydrogens is 704 g/mol. The van der Waals surface area contributed by atoms with Gasteiger partial charge in [-0.05, 0) is 76.9 Å². The molecule has 15 heteroatoms. The van der Waals surface area contributed by atoms with Crippen LogP contribution in [0.4, 0.5) is 11.4 Å². The van der Waals surface area contributed by atoms with Crippen LogP contribution in [0.25, 0.3) is 0 Å². The number of hydrogen-bond acceptors (Lipinski definition) is 9. The average molecular weight is 732 g/mol. The van der Waals surface area contributed by atoms with Crippen LogP contribution in [0, 0.1) is 17.0 Å². The van der Waals surface area contributed by atoms with Gasteiger partial charge in [-0.2, -0.15) is 5.10 Å². The summed E-state index contributed by atoms with van der Waals surface area (Å²) in [6.07, 6.45) is 1.35. The number of sulfonamides is 1. The standard InChI is InChI=1S/C31H28BrClN4O8S/c1-20-8-13-25(16-28(20)37(39)40)46(41,42)36(23-9-11-24(43-2)12-10-23)18-30(38)35-34-17-21-14-26(32)31(29(15-21)44-3)45-19-22-6-4-5-7-27(22)33/h4-17H,18-19H2,1-3H3,(H,35,38). The van der Waals surface area contributed by atoms with Gasteiger partial charge in [-0.15, -0.1) is 0 Å². The Balaban J connectivity index is 1.54. The number of halogens is 2. The van der Waals surface area contributed by atoms with Crippen LogP contribution in [0.15, 0.2) is 93.3 Å². The van der Waals surface area contributed by atoms with Gasteiger partial charge in [-0.25, -0.2) is 13.8 Å². The average Bonchev–Trinajstić information content (AvgIpc) is 3.03. The molecule has 4 aromatic rings. The number of aryl methyl sites for hydroxylation is 1. The highest BCUT2D eigenvalue weighted by Crippen LogP contribution is 2.37. The van der Waals surface area contributed by atoms with E-state index in [-0.39, 0.29) is 28.4 Å². The van der Waals surface area contributed by atoms with Crippen molar-refractivity contribution in [1.29, 1.82) is 0 Å². The highest BCUT2D eigenvalue weighted by atomic mass is 79.9. The van der Waals surface area contributed by atoms with Crippen LogP contribution in [-0.2, 0) is 21.4 Å². The molecule has 0 aliphatic carbocycles. The van der Waals surface area contributed by atoms with Crippen molar-refractivity contribution in [1.82, 2.24) is 5.43 Å². The Morgan fingerprint density at radius 1 is 1.07 bits per heavy atom. The Bertz CT molecular complexity index is 1890. The Morgan fingerprint density at radius 3 is 2.43 bits per heavy atom. The highest BCUT2D eigenvalue weighted by Gasteiger charge is 2.29. The number of anilines is 1. The number of hydrogen-bond donors (Lipinski definition) is 1. The first-order valence-electron chi connectivity index (χ1n) is 13.4. The highest BCUT2D eigenvalue weighted by molar-refractivity contribution is 9.10.